The highest BCUT2D eigenvalue weighted by Crippen LogP contribution is 2.15. The minimum atomic E-state index is -3.79. The number of hydrogen-bond acceptors (Lipinski definition) is 4. The molecule has 0 aliphatic carbocycles. The number of sulfonamides is 1. The molecule has 0 aliphatic heterocycles. The third kappa shape index (κ3) is 3.27. The lowest BCUT2D eigenvalue weighted by Crippen LogP contribution is -2.13. The Morgan fingerprint density at radius 2 is 1.84 bits per heavy atom. The molecule has 2 N–H and O–H groups in total. The average molecular weight is 282 g/mol. The number of hydrogen-bond donors (Lipinski definition) is 2. The van der Waals surface area contributed by atoms with Crippen molar-refractivity contribution in [2.75, 3.05) is 4.72 Å². The van der Waals surface area contributed by atoms with E-state index in [-0.39, 0.29) is 17.3 Å². The summed E-state index contributed by atoms with van der Waals surface area (Å²) >= 11 is 0. The summed E-state index contributed by atoms with van der Waals surface area (Å²) in [7, 11) is -3.79. The zero-order chi connectivity index (χ0) is 13.9. The second kappa shape index (κ2) is 5.33. The van der Waals surface area contributed by atoms with E-state index in [1.54, 1.807) is 6.07 Å². The molecule has 0 radical (unpaired) electrons. The SMILES string of the molecule is O=S(=O)(Nc1ccc(CO)cn1)c1ccc(F)cc1. The lowest BCUT2D eigenvalue weighted by molar-refractivity contribution is 0.281. The third-order valence-electron chi connectivity index (χ3n) is 2.37. The van der Waals surface area contributed by atoms with Crippen LogP contribution in [0.3, 0.4) is 0 Å². The monoisotopic (exact) mass is 282 g/mol. The van der Waals surface area contributed by atoms with Crippen LogP contribution in [0.2, 0.25) is 0 Å². The molecule has 0 unspecified atom stereocenters. The van der Waals surface area contributed by atoms with Crippen LogP contribution in [0.15, 0.2) is 47.5 Å². The van der Waals surface area contributed by atoms with Crippen molar-refractivity contribution < 1.29 is 17.9 Å². The van der Waals surface area contributed by atoms with Gasteiger partial charge in [-0.15, -0.1) is 0 Å². The van der Waals surface area contributed by atoms with Crippen LogP contribution in [0.25, 0.3) is 0 Å². The summed E-state index contributed by atoms with van der Waals surface area (Å²) in [6, 6.07) is 7.45. The van der Waals surface area contributed by atoms with E-state index in [0.717, 1.165) is 12.1 Å². The molecule has 0 saturated heterocycles. The minimum Gasteiger partial charge on any atom is -0.392 e. The smallest absolute Gasteiger partial charge is 0.263 e. The molecule has 5 nitrogen and oxygen atoms in total. The van der Waals surface area contributed by atoms with Crippen molar-refractivity contribution in [2.45, 2.75) is 11.5 Å². The average Bonchev–Trinajstić information content (AvgIpc) is 2.40. The van der Waals surface area contributed by atoms with Gasteiger partial charge in [0, 0.05) is 6.20 Å². The number of aliphatic hydroxyl groups excluding tert-OH is 1. The normalized spacial score (nSPS) is 11.3. The summed E-state index contributed by atoms with van der Waals surface area (Å²) in [5.74, 6) is -0.383. The predicted molar refractivity (Wildman–Crippen MR) is 67.4 cm³/mol. The van der Waals surface area contributed by atoms with Gasteiger partial charge in [0.1, 0.15) is 11.6 Å². The van der Waals surface area contributed by atoms with Crippen LogP contribution in [0.4, 0.5) is 10.2 Å². The molecule has 7 heteroatoms. The van der Waals surface area contributed by atoms with Gasteiger partial charge in [0.05, 0.1) is 11.5 Å². The first-order valence-corrected chi connectivity index (χ1v) is 6.84. The van der Waals surface area contributed by atoms with E-state index < -0.39 is 15.8 Å². The fraction of sp³-hybridized carbons (Fsp3) is 0.0833. The Balaban J connectivity index is 2.23. The van der Waals surface area contributed by atoms with Crippen molar-refractivity contribution in [2.24, 2.45) is 0 Å². The molecule has 100 valence electrons. The second-order valence-corrected chi connectivity index (χ2v) is 5.45. The molecule has 2 rings (SSSR count). The van der Waals surface area contributed by atoms with Crippen LogP contribution in [-0.4, -0.2) is 18.5 Å². The number of aromatic nitrogens is 1. The van der Waals surface area contributed by atoms with E-state index in [4.69, 9.17) is 5.11 Å². The maximum atomic E-state index is 12.7. The van der Waals surface area contributed by atoms with Gasteiger partial charge >= 0.3 is 0 Å². The molecule has 0 atom stereocenters. The number of pyridine rings is 1. The Hall–Kier alpha value is -1.99. The molecular weight excluding hydrogens is 271 g/mol. The van der Waals surface area contributed by atoms with Crippen LogP contribution in [0.5, 0.6) is 0 Å². The summed E-state index contributed by atoms with van der Waals surface area (Å²) in [6.45, 7) is -0.169. The van der Waals surface area contributed by atoms with E-state index in [1.165, 1.54) is 24.4 Å². The highest BCUT2D eigenvalue weighted by atomic mass is 32.2. The molecule has 19 heavy (non-hydrogen) atoms. The van der Waals surface area contributed by atoms with Gasteiger partial charge < -0.3 is 5.11 Å². The number of rotatable bonds is 4. The van der Waals surface area contributed by atoms with Crippen molar-refractivity contribution in [1.82, 2.24) is 4.98 Å². The molecule has 2 aromatic rings. The highest BCUT2D eigenvalue weighted by Gasteiger charge is 2.14. The van der Waals surface area contributed by atoms with Crippen LogP contribution >= 0.6 is 0 Å². The second-order valence-electron chi connectivity index (χ2n) is 3.77. The van der Waals surface area contributed by atoms with Crippen molar-refractivity contribution in [1.29, 1.82) is 0 Å². The molecule has 0 amide bonds. The molecule has 0 aliphatic rings. The molecule has 0 bridgehead atoms. The van der Waals surface area contributed by atoms with Gasteiger partial charge in [-0.2, -0.15) is 0 Å². The molecule has 1 heterocycles. The maximum Gasteiger partial charge on any atom is 0.263 e. The first-order valence-electron chi connectivity index (χ1n) is 5.35. The number of halogens is 1. The van der Waals surface area contributed by atoms with Gasteiger partial charge in [0.2, 0.25) is 0 Å². The molecule has 0 fully saturated rings. The molecule has 0 saturated carbocycles. The number of aliphatic hydroxyl groups is 1. The summed E-state index contributed by atoms with van der Waals surface area (Å²) in [4.78, 5) is 3.80. The zero-order valence-corrected chi connectivity index (χ0v) is 10.6. The fourth-order valence-electron chi connectivity index (χ4n) is 1.39. The van der Waals surface area contributed by atoms with Gasteiger partial charge in [-0.1, -0.05) is 6.07 Å². The summed E-state index contributed by atoms with van der Waals surface area (Å²) in [6.07, 6.45) is 1.36. The largest absolute Gasteiger partial charge is 0.392 e. The Morgan fingerprint density at radius 1 is 1.16 bits per heavy atom. The molecular formula is C12H11FN2O3S. The predicted octanol–water partition coefficient (Wildman–Crippen LogP) is 1.51. The Kier molecular flexibility index (Phi) is 3.77. The van der Waals surface area contributed by atoms with E-state index in [9.17, 15) is 12.8 Å². The quantitative estimate of drug-likeness (QED) is 0.891. The number of nitrogens with zero attached hydrogens (tertiary/aromatic N) is 1. The van der Waals surface area contributed by atoms with Crippen LogP contribution in [-0.2, 0) is 16.6 Å². The van der Waals surface area contributed by atoms with E-state index in [1.807, 2.05) is 0 Å². The lowest BCUT2D eigenvalue weighted by atomic mass is 10.3. The van der Waals surface area contributed by atoms with Gasteiger partial charge in [0.15, 0.2) is 0 Å². The molecule has 1 aromatic carbocycles. The zero-order valence-electron chi connectivity index (χ0n) is 9.75. The number of benzene rings is 1. The highest BCUT2D eigenvalue weighted by molar-refractivity contribution is 7.92. The van der Waals surface area contributed by atoms with Gasteiger partial charge in [-0.3, -0.25) is 4.72 Å². The number of anilines is 1. The molecule has 0 spiro atoms. The van der Waals surface area contributed by atoms with Crippen molar-refractivity contribution in [3.05, 3.63) is 54.0 Å². The van der Waals surface area contributed by atoms with Crippen LogP contribution in [0, 0.1) is 5.82 Å². The van der Waals surface area contributed by atoms with Crippen molar-refractivity contribution in [3.63, 3.8) is 0 Å². The van der Waals surface area contributed by atoms with Crippen LogP contribution in [0.1, 0.15) is 5.56 Å². The fourth-order valence-corrected chi connectivity index (χ4v) is 2.40. The van der Waals surface area contributed by atoms with Crippen molar-refractivity contribution >= 4 is 15.8 Å². The third-order valence-corrected chi connectivity index (χ3v) is 3.74. The van der Waals surface area contributed by atoms with Crippen molar-refractivity contribution in [3.8, 4) is 0 Å². The summed E-state index contributed by atoms with van der Waals surface area (Å²) in [5.41, 5.74) is 0.574. The van der Waals surface area contributed by atoms with Gasteiger partial charge in [-0.25, -0.2) is 17.8 Å². The van der Waals surface area contributed by atoms with E-state index >= 15 is 0 Å². The first kappa shape index (κ1) is 13.4. The minimum absolute atomic E-state index is 0.0538. The van der Waals surface area contributed by atoms with E-state index in [2.05, 4.69) is 9.71 Å². The number of nitrogens with one attached hydrogen (secondary N) is 1. The van der Waals surface area contributed by atoms with Gasteiger partial charge in [-0.05, 0) is 35.9 Å². The Bertz CT molecular complexity index is 654. The van der Waals surface area contributed by atoms with Crippen LogP contribution < -0.4 is 4.72 Å². The van der Waals surface area contributed by atoms with Gasteiger partial charge in [0.25, 0.3) is 10.0 Å². The standard InChI is InChI=1S/C12H11FN2O3S/c13-10-2-4-11(5-3-10)19(17,18)15-12-6-1-9(8-16)7-14-12/h1-7,16H,8H2,(H,14,15). The Morgan fingerprint density at radius 3 is 2.37 bits per heavy atom. The van der Waals surface area contributed by atoms with E-state index in [0.29, 0.717) is 5.56 Å². The molecule has 1 aromatic heterocycles. The first-order chi connectivity index (χ1) is 9.01. The maximum absolute atomic E-state index is 12.7. The Labute approximate surface area is 109 Å². The lowest BCUT2D eigenvalue weighted by Gasteiger charge is -2.07. The summed E-state index contributed by atoms with van der Waals surface area (Å²) < 4.78 is 38.9. The summed E-state index contributed by atoms with van der Waals surface area (Å²) in [5, 5.41) is 8.85. The topological polar surface area (TPSA) is 79.3 Å².